The Hall–Kier alpha value is -3.79. The van der Waals surface area contributed by atoms with Gasteiger partial charge in [-0.15, -0.1) is 6.58 Å². The van der Waals surface area contributed by atoms with Crippen molar-refractivity contribution in [2.75, 3.05) is 12.4 Å². The van der Waals surface area contributed by atoms with Gasteiger partial charge in [-0.3, -0.25) is 9.36 Å². The van der Waals surface area contributed by atoms with Gasteiger partial charge in [0.05, 0.1) is 29.3 Å². The van der Waals surface area contributed by atoms with Gasteiger partial charge in [-0.05, 0) is 31.2 Å². The first-order chi connectivity index (χ1) is 16.0. The molecule has 0 aliphatic carbocycles. The van der Waals surface area contributed by atoms with E-state index in [1.165, 1.54) is 22.6 Å². The summed E-state index contributed by atoms with van der Waals surface area (Å²) in [4.78, 5) is 42.8. The second-order valence-corrected chi connectivity index (χ2v) is 8.01. The van der Waals surface area contributed by atoms with E-state index < -0.39 is 18.0 Å². The maximum atomic E-state index is 13.0. The minimum atomic E-state index is -0.802. The summed E-state index contributed by atoms with van der Waals surface area (Å²) in [6.45, 7) is 5.88. The summed E-state index contributed by atoms with van der Waals surface area (Å²) in [5.74, 6) is 0.000464. The van der Waals surface area contributed by atoms with E-state index in [9.17, 15) is 14.4 Å². The van der Waals surface area contributed by atoms with Crippen LogP contribution in [0.3, 0.4) is 0 Å². The average molecular weight is 467 g/mol. The van der Waals surface area contributed by atoms with Crippen molar-refractivity contribution in [2.24, 2.45) is 0 Å². The predicted molar refractivity (Wildman–Crippen MR) is 124 cm³/mol. The van der Waals surface area contributed by atoms with Gasteiger partial charge in [-0.1, -0.05) is 30.0 Å². The van der Waals surface area contributed by atoms with Gasteiger partial charge < -0.3 is 19.8 Å². The van der Waals surface area contributed by atoms with Crippen molar-refractivity contribution in [2.45, 2.75) is 24.7 Å². The number of nitrogens with zero attached hydrogens (tertiary/aromatic N) is 2. The Labute approximate surface area is 193 Å². The molecule has 2 aromatic heterocycles. The Morgan fingerprint density at radius 2 is 2.12 bits per heavy atom. The molecule has 2 amide bonds. The van der Waals surface area contributed by atoms with Crippen LogP contribution in [0.4, 0.5) is 4.79 Å². The van der Waals surface area contributed by atoms with Crippen molar-refractivity contribution in [1.29, 1.82) is 0 Å². The zero-order chi connectivity index (χ0) is 23.4. The number of esters is 1. The molecule has 2 N–H and O–H groups in total. The number of hydrogen-bond acceptors (Lipinski definition) is 7. The third-order valence-electron chi connectivity index (χ3n) is 4.96. The van der Waals surface area contributed by atoms with Crippen LogP contribution in [0.2, 0.25) is 0 Å². The average Bonchev–Trinajstić information content (AvgIpc) is 3.34. The van der Waals surface area contributed by atoms with Crippen molar-refractivity contribution in [1.82, 2.24) is 20.2 Å². The molecule has 1 atom stereocenters. The first kappa shape index (κ1) is 22.4. The normalized spacial score (nSPS) is 15.8. The van der Waals surface area contributed by atoms with Crippen molar-refractivity contribution < 1.29 is 18.7 Å². The summed E-state index contributed by atoms with van der Waals surface area (Å²) >= 11 is 1.23. The fourth-order valence-corrected chi connectivity index (χ4v) is 4.51. The number of benzene rings is 1. The van der Waals surface area contributed by atoms with Crippen LogP contribution in [-0.2, 0) is 16.1 Å². The Bertz CT molecular complexity index is 1300. The minimum Gasteiger partial charge on any atom is -0.467 e. The SMILES string of the molecule is C=CCn1c(SCC2=C(C(=O)OCC)C(c3ccco3)NC(=O)N2)nc2ccccc2c1=O. The molecule has 0 fully saturated rings. The molecule has 10 heteroatoms. The minimum absolute atomic E-state index is 0.167. The number of aromatic nitrogens is 2. The van der Waals surface area contributed by atoms with Gasteiger partial charge in [0, 0.05) is 18.0 Å². The Morgan fingerprint density at radius 1 is 1.30 bits per heavy atom. The summed E-state index contributed by atoms with van der Waals surface area (Å²) in [5.41, 5.74) is 0.964. The van der Waals surface area contributed by atoms with Crippen LogP contribution in [0.5, 0.6) is 0 Å². The lowest BCUT2D eigenvalue weighted by Crippen LogP contribution is -2.46. The molecule has 1 aliphatic heterocycles. The van der Waals surface area contributed by atoms with Crippen molar-refractivity contribution in [3.63, 3.8) is 0 Å². The number of nitrogens with one attached hydrogen (secondary N) is 2. The van der Waals surface area contributed by atoms with Gasteiger partial charge in [-0.25, -0.2) is 14.6 Å². The zero-order valence-electron chi connectivity index (χ0n) is 17.9. The molecule has 4 rings (SSSR count). The van der Waals surface area contributed by atoms with Crippen LogP contribution in [-0.4, -0.2) is 33.9 Å². The smallest absolute Gasteiger partial charge is 0.338 e. The number of ether oxygens (including phenoxy) is 1. The standard InChI is InChI=1S/C23H22N4O5S/c1-3-11-27-20(28)14-8-5-6-9-15(14)25-23(27)33-13-16-18(21(29)31-4-2)19(26-22(30)24-16)17-10-7-12-32-17/h3,5-10,12,19H,1,4,11,13H2,2H3,(H2,24,26,30). The number of urea groups is 1. The van der Waals surface area contributed by atoms with E-state index in [2.05, 4.69) is 22.2 Å². The molecule has 1 aliphatic rings. The maximum Gasteiger partial charge on any atom is 0.338 e. The number of para-hydroxylation sites is 1. The Balaban J connectivity index is 1.75. The van der Waals surface area contributed by atoms with E-state index in [1.807, 2.05) is 6.07 Å². The number of hydrogen-bond donors (Lipinski definition) is 2. The van der Waals surface area contributed by atoms with Crippen LogP contribution in [0, 0.1) is 0 Å². The van der Waals surface area contributed by atoms with Gasteiger partial charge in [0.1, 0.15) is 11.8 Å². The highest BCUT2D eigenvalue weighted by Crippen LogP contribution is 2.30. The van der Waals surface area contributed by atoms with E-state index in [0.717, 1.165) is 0 Å². The van der Waals surface area contributed by atoms with E-state index in [4.69, 9.17) is 9.15 Å². The molecule has 3 aromatic rings. The predicted octanol–water partition coefficient (Wildman–Crippen LogP) is 3.14. The molecule has 170 valence electrons. The van der Waals surface area contributed by atoms with E-state index in [1.54, 1.807) is 43.3 Å². The molecule has 0 saturated heterocycles. The Kier molecular flexibility index (Phi) is 6.64. The van der Waals surface area contributed by atoms with E-state index >= 15 is 0 Å². The highest BCUT2D eigenvalue weighted by Gasteiger charge is 2.35. The number of furan rings is 1. The topological polar surface area (TPSA) is 115 Å². The number of allylic oxidation sites excluding steroid dienone is 1. The lowest BCUT2D eigenvalue weighted by atomic mass is 10.0. The summed E-state index contributed by atoms with van der Waals surface area (Å²) in [6.07, 6.45) is 3.08. The second kappa shape index (κ2) is 9.78. The van der Waals surface area contributed by atoms with Crippen LogP contribution in [0.25, 0.3) is 10.9 Å². The molecule has 9 nitrogen and oxygen atoms in total. The highest BCUT2D eigenvalue weighted by molar-refractivity contribution is 7.99. The second-order valence-electron chi connectivity index (χ2n) is 7.06. The molecule has 1 unspecified atom stereocenters. The van der Waals surface area contributed by atoms with Gasteiger partial charge in [0.15, 0.2) is 5.16 Å². The third kappa shape index (κ3) is 4.56. The van der Waals surface area contributed by atoms with E-state index in [-0.39, 0.29) is 30.0 Å². The molecule has 1 aromatic carbocycles. The Morgan fingerprint density at radius 3 is 2.85 bits per heavy atom. The molecule has 3 heterocycles. The number of rotatable bonds is 8. The van der Waals surface area contributed by atoms with Crippen molar-refractivity contribution in [3.8, 4) is 0 Å². The van der Waals surface area contributed by atoms with Gasteiger partial charge >= 0.3 is 12.0 Å². The van der Waals surface area contributed by atoms with Crippen LogP contribution in [0.15, 0.2) is 81.0 Å². The molecule has 0 spiro atoms. The number of thioether (sulfide) groups is 1. The van der Waals surface area contributed by atoms with Gasteiger partial charge in [-0.2, -0.15) is 0 Å². The zero-order valence-corrected chi connectivity index (χ0v) is 18.7. The molecular formula is C23H22N4O5S. The number of amides is 2. The van der Waals surface area contributed by atoms with E-state index in [0.29, 0.717) is 27.5 Å². The largest absolute Gasteiger partial charge is 0.467 e. The fraction of sp³-hybridized carbons (Fsp3) is 0.217. The van der Waals surface area contributed by atoms with Crippen molar-refractivity contribution in [3.05, 3.63) is 82.7 Å². The molecule has 0 radical (unpaired) electrons. The maximum absolute atomic E-state index is 13.0. The summed E-state index contributed by atoms with van der Waals surface area (Å²) in [5, 5.41) is 6.35. The van der Waals surface area contributed by atoms with Gasteiger partial charge in [0.25, 0.3) is 5.56 Å². The molecule has 33 heavy (non-hydrogen) atoms. The lowest BCUT2D eigenvalue weighted by Gasteiger charge is -2.27. The van der Waals surface area contributed by atoms with Crippen molar-refractivity contribution >= 4 is 34.7 Å². The van der Waals surface area contributed by atoms with Crippen LogP contribution < -0.4 is 16.2 Å². The monoisotopic (exact) mass is 466 g/mol. The molecular weight excluding hydrogens is 444 g/mol. The quantitative estimate of drug-likeness (QED) is 0.227. The first-order valence-corrected chi connectivity index (χ1v) is 11.3. The lowest BCUT2D eigenvalue weighted by molar-refractivity contribution is -0.139. The van der Waals surface area contributed by atoms with Gasteiger partial charge in [0.2, 0.25) is 0 Å². The van der Waals surface area contributed by atoms with Crippen LogP contribution in [0.1, 0.15) is 18.7 Å². The first-order valence-electron chi connectivity index (χ1n) is 10.3. The summed E-state index contributed by atoms with van der Waals surface area (Å²) in [7, 11) is 0. The number of fused-ring (bicyclic) bond motifs is 1. The summed E-state index contributed by atoms with van der Waals surface area (Å²) in [6, 6.07) is 9.15. The number of carbonyl (C=O) groups is 2. The number of carbonyl (C=O) groups excluding carboxylic acids is 2. The third-order valence-corrected chi connectivity index (χ3v) is 5.96. The summed E-state index contributed by atoms with van der Waals surface area (Å²) < 4.78 is 12.2. The highest BCUT2D eigenvalue weighted by atomic mass is 32.2. The van der Waals surface area contributed by atoms with Crippen LogP contribution >= 0.6 is 11.8 Å². The fourth-order valence-electron chi connectivity index (χ4n) is 3.54. The molecule has 0 saturated carbocycles. The molecule has 0 bridgehead atoms.